The van der Waals surface area contributed by atoms with Gasteiger partial charge in [-0.2, -0.15) is 0 Å². The van der Waals surface area contributed by atoms with Crippen molar-refractivity contribution >= 4 is 11.9 Å². The van der Waals surface area contributed by atoms with Gasteiger partial charge in [0.15, 0.2) is 0 Å². The molecule has 0 saturated heterocycles. The SMILES string of the molecule is CCOC(=O)c1c(C)c(C(=O)NCCc2ccc(OC)cc2)c(C)n1Cc1ccccc1. The molecule has 0 fully saturated rings. The lowest BCUT2D eigenvalue weighted by Crippen LogP contribution is -2.26. The molecule has 6 heteroatoms. The van der Waals surface area contributed by atoms with E-state index in [1.807, 2.05) is 66.1 Å². The van der Waals surface area contributed by atoms with Crippen LogP contribution in [0.4, 0.5) is 0 Å². The van der Waals surface area contributed by atoms with E-state index < -0.39 is 5.97 Å². The molecule has 0 spiro atoms. The Hall–Kier alpha value is -3.54. The highest BCUT2D eigenvalue weighted by molar-refractivity contribution is 6.01. The van der Waals surface area contributed by atoms with Crippen molar-refractivity contribution in [3.63, 3.8) is 0 Å². The number of carbonyl (C=O) groups is 2. The molecule has 32 heavy (non-hydrogen) atoms. The summed E-state index contributed by atoms with van der Waals surface area (Å²) in [5.74, 6) is 0.197. The van der Waals surface area contributed by atoms with Crippen LogP contribution in [0.25, 0.3) is 0 Å². The van der Waals surface area contributed by atoms with Crippen molar-refractivity contribution in [2.45, 2.75) is 33.7 Å². The lowest BCUT2D eigenvalue weighted by atomic mass is 10.1. The zero-order chi connectivity index (χ0) is 23.1. The van der Waals surface area contributed by atoms with Crippen LogP contribution in [0.5, 0.6) is 5.75 Å². The molecule has 0 bridgehead atoms. The minimum absolute atomic E-state index is 0.189. The average Bonchev–Trinajstić information content (AvgIpc) is 3.04. The van der Waals surface area contributed by atoms with Crippen LogP contribution < -0.4 is 10.1 Å². The molecule has 0 radical (unpaired) electrons. The number of carbonyl (C=O) groups excluding carboxylic acids is 2. The highest BCUT2D eigenvalue weighted by Gasteiger charge is 2.27. The first-order valence-electron chi connectivity index (χ1n) is 10.8. The molecule has 168 valence electrons. The Morgan fingerprint density at radius 1 is 0.969 bits per heavy atom. The third-order valence-electron chi connectivity index (χ3n) is 5.50. The van der Waals surface area contributed by atoms with Gasteiger partial charge in [0.1, 0.15) is 11.4 Å². The van der Waals surface area contributed by atoms with E-state index in [1.54, 1.807) is 21.0 Å². The lowest BCUT2D eigenvalue weighted by Gasteiger charge is -2.12. The predicted octanol–water partition coefficient (Wildman–Crippen LogP) is 4.31. The van der Waals surface area contributed by atoms with Gasteiger partial charge < -0.3 is 19.4 Å². The summed E-state index contributed by atoms with van der Waals surface area (Å²) in [7, 11) is 1.63. The Morgan fingerprint density at radius 2 is 1.66 bits per heavy atom. The minimum atomic E-state index is -0.415. The molecule has 0 aliphatic carbocycles. The Labute approximate surface area is 189 Å². The van der Waals surface area contributed by atoms with E-state index in [0.29, 0.717) is 36.3 Å². The quantitative estimate of drug-likeness (QED) is 0.510. The molecule has 3 aromatic rings. The highest BCUT2D eigenvalue weighted by Crippen LogP contribution is 2.24. The maximum Gasteiger partial charge on any atom is 0.355 e. The van der Waals surface area contributed by atoms with Gasteiger partial charge in [-0.3, -0.25) is 4.79 Å². The first kappa shape index (κ1) is 23.1. The summed E-state index contributed by atoms with van der Waals surface area (Å²) in [6.07, 6.45) is 0.698. The number of methoxy groups -OCH3 is 1. The summed E-state index contributed by atoms with van der Waals surface area (Å²) in [6, 6.07) is 17.6. The largest absolute Gasteiger partial charge is 0.497 e. The van der Waals surface area contributed by atoms with Gasteiger partial charge in [0, 0.05) is 18.8 Å². The Kier molecular flexibility index (Phi) is 7.71. The second-order valence-electron chi connectivity index (χ2n) is 7.58. The number of nitrogens with zero attached hydrogens (tertiary/aromatic N) is 1. The average molecular weight is 435 g/mol. The number of aromatic nitrogens is 1. The van der Waals surface area contributed by atoms with Crippen LogP contribution in [0.15, 0.2) is 54.6 Å². The van der Waals surface area contributed by atoms with Crippen molar-refractivity contribution in [1.82, 2.24) is 9.88 Å². The van der Waals surface area contributed by atoms with Crippen molar-refractivity contribution in [2.75, 3.05) is 20.3 Å². The summed E-state index contributed by atoms with van der Waals surface area (Å²) in [6.45, 7) is 6.70. The van der Waals surface area contributed by atoms with Gasteiger partial charge in [-0.1, -0.05) is 42.5 Å². The molecule has 1 N–H and O–H groups in total. The van der Waals surface area contributed by atoms with Gasteiger partial charge in [-0.25, -0.2) is 4.79 Å². The predicted molar refractivity (Wildman–Crippen MR) is 124 cm³/mol. The monoisotopic (exact) mass is 434 g/mol. The van der Waals surface area contributed by atoms with Crippen LogP contribution in [-0.2, 0) is 17.7 Å². The van der Waals surface area contributed by atoms with Crippen LogP contribution in [0.1, 0.15) is 50.2 Å². The van der Waals surface area contributed by atoms with Gasteiger partial charge in [-0.15, -0.1) is 0 Å². The van der Waals surface area contributed by atoms with Crippen LogP contribution in [-0.4, -0.2) is 36.7 Å². The summed E-state index contributed by atoms with van der Waals surface area (Å²) in [5.41, 5.74) is 4.48. The van der Waals surface area contributed by atoms with E-state index in [2.05, 4.69) is 5.32 Å². The lowest BCUT2D eigenvalue weighted by molar-refractivity contribution is 0.0513. The van der Waals surface area contributed by atoms with Crippen molar-refractivity contribution in [2.24, 2.45) is 0 Å². The van der Waals surface area contributed by atoms with E-state index in [1.165, 1.54) is 0 Å². The van der Waals surface area contributed by atoms with Gasteiger partial charge >= 0.3 is 5.97 Å². The Balaban J connectivity index is 1.81. The topological polar surface area (TPSA) is 69.6 Å². The van der Waals surface area contributed by atoms with Gasteiger partial charge in [0.05, 0.1) is 19.3 Å². The standard InChI is InChI=1S/C26H30N2O4/c1-5-32-26(30)24-18(2)23(19(3)28(24)17-21-9-7-6-8-10-21)25(29)27-16-15-20-11-13-22(31-4)14-12-20/h6-14H,5,15-17H2,1-4H3,(H,27,29). The minimum Gasteiger partial charge on any atom is -0.497 e. The summed E-state index contributed by atoms with van der Waals surface area (Å²) in [4.78, 5) is 25.8. The summed E-state index contributed by atoms with van der Waals surface area (Å²) >= 11 is 0. The van der Waals surface area contributed by atoms with Crippen LogP contribution in [0.3, 0.4) is 0 Å². The number of rotatable bonds is 9. The highest BCUT2D eigenvalue weighted by atomic mass is 16.5. The van der Waals surface area contributed by atoms with Crippen molar-refractivity contribution in [1.29, 1.82) is 0 Å². The normalized spacial score (nSPS) is 10.6. The molecule has 0 aliphatic heterocycles. The smallest absolute Gasteiger partial charge is 0.355 e. The summed E-state index contributed by atoms with van der Waals surface area (Å²) in [5, 5.41) is 3.00. The van der Waals surface area contributed by atoms with Gasteiger partial charge in [0.2, 0.25) is 0 Å². The molecular formula is C26H30N2O4. The Bertz CT molecular complexity index is 1070. The van der Waals surface area contributed by atoms with Gasteiger partial charge in [-0.05, 0) is 56.0 Å². The molecule has 1 amide bonds. The van der Waals surface area contributed by atoms with E-state index >= 15 is 0 Å². The molecule has 0 atom stereocenters. The number of hydrogen-bond donors (Lipinski definition) is 1. The molecular weight excluding hydrogens is 404 g/mol. The van der Waals surface area contributed by atoms with Crippen LogP contribution >= 0.6 is 0 Å². The molecule has 1 aromatic heterocycles. The van der Waals surface area contributed by atoms with E-state index in [4.69, 9.17) is 9.47 Å². The molecule has 6 nitrogen and oxygen atoms in total. The Morgan fingerprint density at radius 3 is 2.28 bits per heavy atom. The zero-order valence-corrected chi connectivity index (χ0v) is 19.1. The maximum absolute atomic E-state index is 13.1. The zero-order valence-electron chi connectivity index (χ0n) is 19.1. The van der Waals surface area contributed by atoms with E-state index in [9.17, 15) is 9.59 Å². The first-order valence-corrected chi connectivity index (χ1v) is 10.8. The van der Waals surface area contributed by atoms with Gasteiger partial charge in [0.25, 0.3) is 5.91 Å². The molecule has 1 heterocycles. The van der Waals surface area contributed by atoms with Crippen LogP contribution in [0, 0.1) is 13.8 Å². The van der Waals surface area contributed by atoms with Crippen molar-refractivity contribution in [3.05, 3.63) is 88.2 Å². The molecule has 0 aliphatic rings. The molecule has 3 rings (SSSR count). The van der Waals surface area contributed by atoms with Crippen molar-refractivity contribution < 1.29 is 19.1 Å². The fourth-order valence-electron chi connectivity index (χ4n) is 3.86. The third kappa shape index (κ3) is 5.19. The second-order valence-corrected chi connectivity index (χ2v) is 7.58. The van der Waals surface area contributed by atoms with E-state index in [0.717, 1.165) is 22.6 Å². The number of hydrogen-bond acceptors (Lipinski definition) is 4. The summed E-state index contributed by atoms with van der Waals surface area (Å²) < 4.78 is 12.3. The molecule has 0 saturated carbocycles. The fraction of sp³-hybridized carbons (Fsp3) is 0.308. The maximum atomic E-state index is 13.1. The molecule has 2 aromatic carbocycles. The fourth-order valence-corrected chi connectivity index (χ4v) is 3.86. The number of nitrogens with one attached hydrogen (secondary N) is 1. The number of ether oxygens (including phenoxy) is 2. The number of esters is 1. The third-order valence-corrected chi connectivity index (χ3v) is 5.50. The molecule has 0 unspecified atom stereocenters. The second kappa shape index (κ2) is 10.7. The van der Waals surface area contributed by atoms with Crippen LogP contribution in [0.2, 0.25) is 0 Å². The number of amides is 1. The van der Waals surface area contributed by atoms with Crippen molar-refractivity contribution in [3.8, 4) is 5.75 Å². The van der Waals surface area contributed by atoms with E-state index in [-0.39, 0.29) is 12.5 Å². The first-order chi connectivity index (χ1) is 15.5. The number of benzene rings is 2.